The molecule has 0 aromatic heterocycles. The molecule has 1 aliphatic rings. The third kappa shape index (κ3) is 4.13. The van der Waals surface area contributed by atoms with Crippen molar-refractivity contribution >= 4 is 17.3 Å². The van der Waals surface area contributed by atoms with E-state index in [1.807, 2.05) is 6.07 Å². The number of halogens is 1. The molecule has 20 heavy (non-hydrogen) atoms. The van der Waals surface area contributed by atoms with E-state index in [2.05, 4.69) is 50.0 Å². The van der Waals surface area contributed by atoms with Gasteiger partial charge in [0.2, 0.25) is 0 Å². The lowest BCUT2D eigenvalue weighted by Crippen LogP contribution is -2.32. The highest BCUT2D eigenvalue weighted by Gasteiger charge is 2.31. The minimum absolute atomic E-state index is 0.471. The first-order valence-corrected chi connectivity index (χ1v) is 8.14. The van der Waals surface area contributed by atoms with Gasteiger partial charge in [0.1, 0.15) is 0 Å². The van der Waals surface area contributed by atoms with Gasteiger partial charge in [0.25, 0.3) is 0 Å². The van der Waals surface area contributed by atoms with Gasteiger partial charge < -0.3 is 10.2 Å². The smallest absolute Gasteiger partial charge is 0.0471 e. The first-order chi connectivity index (χ1) is 9.49. The van der Waals surface area contributed by atoms with Crippen molar-refractivity contribution < 1.29 is 0 Å². The molecule has 1 N–H and O–H groups in total. The second-order valence-corrected chi connectivity index (χ2v) is 6.96. The molecule has 0 bridgehead atoms. The first-order valence-electron chi connectivity index (χ1n) is 7.76. The van der Waals surface area contributed by atoms with Crippen LogP contribution in [0.1, 0.15) is 46.1 Å². The van der Waals surface area contributed by atoms with Gasteiger partial charge in [-0.15, -0.1) is 0 Å². The predicted octanol–water partition coefficient (Wildman–Crippen LogP) is 4.46. The zero-order valence-corrected chi connectivity index (χ0v) is 13.9. The van der Waals surface area contributed by atoms with Crippen LogP contribution in [0.25, 0.3) is 0 Å². The molecular weight excluding hydrogens is 268 g/mol. The van der Waals surface area contributed by atoms with E-state index in [0.29, 0.717) is 18.0 Å². The molecule has 0 heterocycles. The van der Waals surface area contributed by atoms with E-state index < -0.39 is 0 Å². The van der Waals surface area contributed by atoms with Gasteiger partial charge >= 0.3 is 0 Å². The van der Waals surface area contributed by atoms with Crippen molar-refractivity contribution in [2.75, 3.05) is 11.4 Å². The van der Waals surface area contributed by atoms with E-state index >= 15 is 0 Å². The molecule has 0 amide bonds. The Morgan fingerprint density at radius 1 is 1.25 bits per heavy atom. The van der Waals surface area contributed by atoms with Crippen molar-refractivity contribution in [3.05, 3.63) is 28.8 Å². The molecule has 3 heteroatoms. The van der Waals surface area contributed by atoms with Crippen LogP contribution >= 0.6 is 11.6 Å². The largest absolute Gasteiger partial charge is 0.368 e. The molecule has 0 spiro atoms. The van der Waals surface area contributed by atoms with Crippen molar-refractivity contribution in [3.63, 3.8) is 0 Å². The van der Waals surface area contributed by atoms with Crippen molar-refractivity contribution in [2.45, 2.75) is 59.2 Å². The zero-order valence-electron chi connectivity index (χ0n) is 13.1. The number of anilines is 1. The number of benzene rings is 1. The maximum Gasteiger partial charge on any atom is 0.0471 e. The van der Waals surface area contributed by atoms with E-state index in [4.69, 9.17) is 11.6 Å². The second kappa shape index (κ2) is 6.82. The molecular formula is C17H27ClN2. The average Bonchev–Trinajstić information content (AvgIpc) is 3.18. The normalized spacial score (nSPS) is 15.2. The van der Waals surface area contributed by atoms with Crippen LogP contribution in [0.5, 0.6) is 0 Å². The van der Waals surface area contributed by atoms with Gasteiger partial charge in [0.15, 0.2) is 0 Å². The zero-order chi connectivity index (χ0) is 14.7. The summed E-state index contributed by atoms with van der Waals surface area (Å²) in [6.45, 7) is 10.9. The topological polar surface area (TPSA) is 15.3 Å². The minimum atomic E-state index is 0.471. The first kappa shape index (κ1) is 15.7. The molecule has 1 aromatic carbocycles. The Bertz CT molecular complexity index is 439. The van der Waals surface area contributed by atoms with E-state index in [1.54, 1.807) is 0 Å². The van der Waals surface area contributed by atoms with Crippen molar-refractivity contribution in [1.82, 2.24) is 5.32 Å². The maximum atomic E-state index is 6.45. The molecule has 0 saturated heterocycles. The molecule has 1 aliphatic carbocycles. The fourth-order valence-electron chi connectivity index (χ4n) is 2.52. The second-order valence-electron chi connectivity index (χ2n) is 6.55. The molecule has 2 nitrogen and oxygen atoms in total. The van der Waals surface area contributed by atoms with Gasteiger partial charge in [-0.2, -0.15) is 0 Å². The Morgan fingerprint density at radius 2 is 1.95 bits per heavy atom. The number of nitrogens with one attached hydrogen (secondary N) is 1. The summed E-state index contributed by atoms with van der Waals surface area (Å²) in [6.07, 6.45) is 2.63. The highest BCUT2D eigenvalue weighted by molar-refractivity contribution is 6.31. The molecule has 0 unspecified atom stereocenters. The lowest BCUT2D eigenvalue weighted by molar-refractivity contribution is 0.580. The highest BCUT2D eigenvalue weighted by atomic mass is 35.5. The summed E-state index contributed by atoms with van der Waals surface area (Å²) in [4.78, 5) is 2.56. The molecule has 0 aliphatic heterocycles. The van der Waals surface area contributed by atoms with E-state index in [9.17, 15) is 0 Å². The summed E-state index contributed by atoms with van der Waals surface area (Å²) in [5.74, 6) is 0.667. The third-order valence-electron chi connectivity index (χ3n) is 3.64. The standard InChI is InChI=1S/C17H27ClN2/c1-12(2)11-20(14-8-9-14)17-7-5-6-16(18)15(17)10-19-13(3)4/h5-7,12-14,19H,8-11H2,1-4H3. The summed E-state index contributed by atoms with van der Waals surface area (Å²) in [5.41, 5.74) is 2.57. The minimum Gasteiger partial charge on any atom is -0.368 e. The summed E-state index contributed by atoms with van der Waals surface area (Å²) >= 11 is 6.45. The van der Waals surface area contributed by atoms with Crippen LogP contribution in [-0.2, 0) is 6.54 Å². The van der Waals surface area contributed by atoms with Crippen molar-refractivity contribution in [1.29, 1.82) is 0 Å². The van der Waals surface area contributed by atoms with Crippen LogP contribution in [0, 0.1) is 5.92 Å². The summed E-state index contributed by atoms with van der Waals surface area (Å²) in [6, 6.07) is 7.49. The summed E-state index contributed by atoms with van der Waals surface area (Å²) in [5, 5.41) is 4.38. The Hall–Kier alpha value is -0.730. The van der Waals surface area contributed by atoms with Crippen LogP contribution in [0.15, 0.2) is 18.2 Å². The van der Waals surface area contributed by atoms with E-state index in [1.165, 1.54) is 24.1 Å². The van der Waals surface area contributed by atoms with Crippen molar-refractivity contribution in [2.24, 2.45) is 5.92 Å². The molecule has 0 atom stereocenters. The molecule has 1 aromatic rings. The lowest BCUT2D eigenvalue weighted by atomic mass is 10.1. The van der Waals surface area contributed by atoms with Crippen LogP contribution in [0.3, 0.4) is 0 Å². The van der Waals surface area contributed by atoms with E-state index in [0.717, 1.165) is 18.1 Å². The van der Waals surface area contributed by atoms with Gasteiger partial charge in [0.05, 0.1) is 0 Å². The fourth-order valence-corrected chi connectivity index (χ4v) is 2.76. The Labute approximate surface area is 128 Å². The van der Waals surface area contributed by atoms with Gasteiger partial charge in [0, 0.05) is 41.4 Å². The maximum absolute atomic E-state index is 6.45. The molecule has 112 valence electrons. The average molecular weight is 295 g/mol. The van der Waals surface area contributed by atoms with Gasteiger partial charge in [-0.1, -0.05) is 45.4 Å². The molecule has 0 radical (unpaired) electrons. The summed E-state index contributed by atoms with van der Waals surface area (Å²) in [7, 11) is 0. The Kier molecular flexibility index (Phi) is 5.34. The number of nitrogens with zero attached hydrogens (tertiary/aromatic N) is 1. The quantitative estimate of drug-likeness (QED) is 0.798. The van der Waals surface area contributed by atoms with Gasteiger partial charge in [-0.25, -0.2) is 0 Å². The molecule has 2 rings (SSSR count). The van der Waals surface area contributed by atoms with Crippen molar-refractivity contribution in [3.8, 4) is 0 Å². The highest BCUT2D eigenvalue weighted by Crippen LogP contribution is 2.36. The molecule has 1 saturated carbocycles. The Balaban J connectivity index is 2.25. The number of hydrogen-bond donors (Lipinski definition) is 1. The predicted molar refractivity (Wildman–Crippen MR) is 88.6 cm³/mol. The van der Waals surface area contributed by atoms with Gasteiger partial charge in [-0.3, -0.25) is 0 Å². The number of hydrogen-bond acceptors (Lipinski definition) is 2. The fraction of sp³-hybridized carbons (Fsp3) is 0.647. The SMILES string of the molecule is CC(C)CN(c1cccc(Cl)c1CNC(C)C)C1CC1. The van der Waals surface area contributed by atoms with Crippen LogP contribution < -0.4 is 10.2 Å². The van der Waals surface area contributed by atoms with Crippen LogP contribution in [0.2, 0.25) is 5.02 Å². The number of rotatable bonds is 7. The summed E-state index contributed by atoms with van der Waals surface area (Å²) < 4.78 is 0. The monoisotopic (exact) mass is 294 g/mol. The van der Waals surface area contributed by atoms with Crippen LogP contribution in [-0.4, -0.2) is 18.6 Å². The van der Waals surface area contributed by atoms with Gasteiger partial charge in [-0.05, 0) is 30.9 Å². The molecule has 1 fully saturated rings. The third-order valence-corrected chi connectivity index (χ3v) is 3.99. The lowest BCUT2D eigenvalue weighted by Gasteiger charge is -2.29. The van der Waals surface area contributed by atoms with E-state index in [-0.39, 0.29) is 0 Å². The Morgan fingerprint density at radius 3 is 2.50 bits per heavy atom. The van der Waals surface area contributed by atoms with Crippen LogP contribution in [0.4, 0.5) is 5.69 Å².